The zero-order chi connectivity index (χ0) is 23.8. The van der Waals surface area contributed by atoms with E-state index < -0.39 is 12.0 Å². The quantitative estimate of drug-likeness (QED) is 0.381. The molecule has 1 aromatic carbocycles. The van der Waals surface area contributed by atoms with Crippen LogP contribution >= 0.6 is 22.7 Å². The van der Waals surface area contributed by atoms with Gasteiger partial charge in [-0.2, -0.15) is 0 Å². The van der Waals surface area contributed by atoms with Crippen LogP contribution in [0.1, 0.15) is 43.2 Å². The molecule has 6 nitrogen and oxygen atoms in total. The van der Waals surface area contributed by atoms with Gasteiger partial charge in [0.15, 0.2) is 4.80 Å². The lowest BCUT2D eigenvalue weighted by Crippen LogP contribution is -2.39. The number of carbonyl (C=O) groups is 1. The Morgan fingerprint density at radius 3 is 2.76 bits per heavy atom. The molecule has 174 valence electrons. The third-order valence-electron chi connectivity index (χ3n) is 5.92. The largest absolute Gasteiger partial charge is 0.463 e. The normalized spacial score (nSPS) is 16.1. The summed E-state index contributed by atoms with van der Waals surface area (Å²) in [6.45, 7) is 4.11. The van der Waals surface area contributed by atoms with Crippen LogP contribution in [0.2, 0.25) is 0 Å². The third-order valence-corrected chi connectivity index (χ3v) is 7.83. The van der Waals surface area contributed by atoms with Gasteiger partial charge in [-0.25, -0.2) is 9.79 Å². The van der Waals surface area contributed by atoms with E-state index in [9.17, 15) is 9.59 Å². The monoisotopic (exact) mass is 491 g/mol. The fourth-order valence-corrected chi connectivity index (χ4v) is 6.30. The number of carbonyl (C=O) groups excluding carboxylic acids is 1. The first-order valence-electron chi connectivity index (χ1n) is 11.3. The standard InChI is InChI=1S/C26H25N3O3S2/c1-4-9-18-22(25(31)32-5-2)23(20-12-8-13-33-20)29-24(30)21(34-26(29)27-18)14-16-15-28(3)19-11-7-6-10-17(16)19/h6-8,10-15,23H,4-5,9H2,1-3H3/b21-14+. The van der Waals surface area contributed by atoms with Crippen LogP contribution in [-0.2, 0) is 16.6 Å². The maximum absolute atomic E-state index is 13.8. The van der Waals surface area contributed by atoms with Crippen molar-refractivity contribution in [3.05, 3.63) is 89.4 Å². The zero-order valence-corrected chi connectivity index (χ0v) is 20.9. The van der Waals surface area contributed by atoms with Gasteiger partial charge in [0, 0.05) is 34.6 Å². The van der Waals surface area contributed by atoms with Crippen LogP contribution in [0.3, 0.4) is 0 Å². The Bertz CT molecular complexity index is 1590. The van der Waals surface area contributed by atoms with Crippen molar-refractivity contribution in [2.75, 3.05) is 6.61 Å². The van der Waals surface area contributed by atoms with Crippen molar-refractivity contribution < 1.29 is 9.53 Å². The molecule has 0 bridgehead atoms. The number of aromatic nitrogens is 2. The summed E-state index contributed by atoms with van der Waals surface area (Å²) in [5, 5.41) is 3.05. The third kappa shape index (κ3) is 3.76. The van der Waals surface area contributed by atoms with Crippen molar-refractivity contribution in [1.29, 1.82) is 0 Å². The van der Waals surface area contributed by atoms with E-state index >= 15 is 0 Å². The Morgan fingerprint density at radius 1 is 1.21 bits per heavy atom. The molecule has 0 saturated heterocycles. The van der Waals surface area contributed by atoms with E-state index in [1.165, 1.54) is 22.7 Å². The smallest absolute Gasteiger partial charge is 0.338 e. The van der Waals surface area contributed by atoms with Crippen molar-refractivity contribution in [3.8, 4) is 0 Å². The molecule has 0 amide bonds. The highest BCUT2D eigenvalue weighted by Gasteiger charge is 2.34. The summed E-state index contributed by atoms with van der Waals surface area (Å²) in [5.74, 6) is -0.406. The van der Waals surface area contributed by atoms with Gasteiger partial charge in [0.25, 0.3) is 5.56 Å². The van der Waals surface area contributed by atoms with Crippen molar-refractivity contribution in [2.24, 2.45) is 12.0 Å². The van der Waals surface area contributed by atoms with Gasteiger partial charge in [-0.3, -0.25) is 9.36 Å². The second-order valence-electron chi connectivity index (χ2n) is 8.14. The van der Waals surface area contributed by atoms with E-state index in [4.69, 9.17) is 9.73 Å². The molecule has 5 rings (SSSR count). The summed E-state index contributed by atoms with van der Waals surface area (Å²) < 4.78 is 9.74. The number of ether oxygens (including phenoxy) is 1. The molecule has 4 aromatic rings. The van der Waals surface area contributed by atoms with E-state index in [-0.39, 0.29) is 12.2 Å². The lowest BCUT2D eigenvalue weighted by molar-refractivity contribution is -0.139. The van der Waals surface area contributed by atoms with E-state index in [1.54, 1.807) is 11.5 Å². The average Bonchev–Trinajstić information content (AvgIpc) is 3.54. The molecule has 1 unspecified atom stereocenters. The second-order valence-corrected chi connectivity index (χ2v) is 10.1. The summed E-state index contributed by atoms with van der Waals surface area (Å²) in [5.41, 5.74) is 3.11. The molecule has 0 fully saturated rings. The first-order valence-corrected chi connectivity index (χ1v) is 13.0. The maximum Gasteiger partial charge on any atom is 0.338 e. The molecule has 0 spiro atoms. The van der Waals surface area contributed by atoms with Gasteiger partial charge in [0.1, 0.15) is 6.04 Å². The van der Waals surface area contributed by atoms with Gasteiger partial charge < -0.3 is 9.30 Å². The van der Waals surface area contributed by atoms with Crippen molar-refractivity contribution in [1.82, 2.24) is 9.13 Å². The van der Waals surface area contributed by atoms with Crippen LogP contribution in [0.25, 0.3) is 17.0 Å². The van der Waals surface area contributed by atoms with Gasteiger partial charge in [0.05, 0.1) is 22.4 Å². The number of thiophene rings is 1. The highest BCUT2D eigenvalue weighted by atomic mass is 32.1. The molecule has 3 aromatic heterocycles. The van der Waals surface area contributed by atoms with Gasteiger partial charge in [-0.15, -0.1) is 11.3 Å². The second kappa shape index (κ2) is 9.19. The molecule has 0 saturated carbocycles. The molecule has 1 aliphatic rings. The SMILES string of the molecule is CCCC1=C(C(=O)OCC)C(c2cccs2)n2c(s/c(=C/c3cn(C)c4ccccc34)c2=O)=N1. The topological polar surface area (TPSA) is 65.6 Å². The van der Waals surface area contributed by atoms with Gasteiger partial charge >= 0.3 is 5.97 Å². The Morgan fingerprint density at radius 2 is 2.03 bits per heavy atom. The number of benzene rings is 1. The van der Waals surface area contributed by atoms with E-state index in [1.807, 2.05) is 49.0 Å². The Kier molecular flexibility index (Phi) is 6.10. The van der Waals surface area contributed by atoms with Crippen molar-refractivity contribution in [3.63, 3.8) is 0 Å². The Hall–Kier alpha value is -3.23. The average molecular weight is 492 g/mol. The number of fused-ring (bicyclic) bond motifs is 2. The number of hydrogen-bond acceptors (Lipinski definition) is 6. The minimum absolute atomic E-state index is 0.146. The van der Waals surface area contributed by atoms with Crippen molar-refractivity contribution in [2.45, 2.75) is 32.7 Å². The fourth-order valence-electron chi connectivity index (χ4n) is 4.47. The van der Waals surface area contributed by atoms with E-state index in [2.05, 4.69) is 23.6 Å². The lowest BCUT2D eigenvalue weighted by Gasteiger charge is -2.24. The molecular formula is C26H25N3O3S2. The molecule has 1 aliphatic heterocycles. The number of allylic oxidation sites excluding steroid dienone is 1. The number of aryl methyl sites for hydroxylation is 1. The summed E-state index contributed by atoms with van der Waals surface area (Å²) >= 11 is 2.90. The summed E-state index contributed by atoms with van der Waals surface area (Å²) in [6, 6.07) is 11.5. The fraction of sp³-hybridized carbons (Fsp3) is 0.269. The van der Waals surface area contributed by atoms with Crippen LogP contribution < -0.4 is 14.9 Å². The molecular weight excluding hydrogens is 466 g/mol. The van der Waals surface area contributed by atoms with Crippen LogP contribution in [0.4, 0.5) is 0 Å². The van der Waals surface area contributed by atoms with Gasteiger partial charge in [-0.05, 0) is 36.9 Å². The summed E-state index contributed by atoms with van der Waals surface area (Å²) in [4.78, 5) is 33.2. The predicted molar refractivity (Wildman–Crippen MR) is 137 cm³/mol. The number of para-hydroxylation sites is 1. The number of nitrogens with zero attached hydrogens (tertiary/aromatic N) is 3. The summed E-state index contributed by atoms with van der Waals surface area (Å²) in [7, 11) is 2.00. The molecule has 0 radical (unpaired) electrons. The van der Waals surface area contributed by atoms with Crippen LogP contribution in [0, 0.1) is 0 Å². The minimum Gasteiger partial charge on any atom is -0.463 e. The first kappa shape index (κ1) is 22.6. The Balaban J connectivity index is 1.76. The summed E-state index contributed by atoms with van der Waals surface area (Å²) in [6.07, 6.45) is 5.45. The van der Waals surface area contributed by atoms with Crippen LogP contribution in [0.15, 0.2) is 69.0 Å². The number of rotatable bonds is 6. The van der Waals surface area contributed by atoms with Crippen LogP contribution in [0.5, 0.6) is 0 Å². The molecule has 0 N–H and O–H groups in total. The highest BCUT2D eigenvalue weighted by molar-refractivity contribution is 7.10. The molecule has 1 atom stereocenters. The maximum atomic E-state index is 13.8. The molecule has 34 heavy (non-hydrogen) atoms. The Labute approximate surface area is 204 Å². The predicted octanol–water partition coefficient (Wildman–Crippen LogP) is 4.13. The van der Waals surface area contributed by atoms with Gasteiger partial charge in [-0.1, -0.05) is 48.9 Å². The highest BCUT2D eigenvalue weighted by Crippen LogP contribution is 2.34. The number of esters is 1. The van der Waals surface area contributed by atoms with Crippen molar-refractivity contribution >= 4 is 45.6 Å². The van der Waals surface area contributed by atoms with Gasteiger partial charge in [0.2, 0.25) is 0 Å². The first-order chi connectivity index (χ1) is 16.5. The lowest BCUT2D eigenvalue weighted by atomic mass is 9.99. The molecule has 8 heteroatoms. The number of thiazole rings is 1. The number of hydrogen-bond donors (Lipinski definition) is 0. The molecule has 0 aliphatic carbocycles. The van der Waals surface area contributed by atoms with Crippen LogP contribution in [-0.4, -0.2) is 21.7 Å². The molecule has 4 heterocycles. The van der Waals surface area contributed by atoms with E-state index in [0.717, 1.165) is 27.8 Å². The van der Waals surface area contributed by atoms with E-state index in [0.29, 0.717) is 27.0 Å². The minimum atomic E-state index is -0.536. The zero-order valence-electron chi connectivity index (χ0n) is 19.3.